The maximum Gasteiger partial charge on any atom is 0.159 e. The molecule has 288 valence electrons. The average molecular weight is 733 g/mol. The molecule has 0 amide bonds. The second-order valence-electron chi connectivity index (χ2n) is 20.0. The number of aliphatic hydroxyl groups is 1. The lowest BCUT2D eigenvalue weighted by molar-refractivity contribution is -0.196. The number of carbonyl (C=O) groups excluding carboxylic acids is 2. The summed E-state index contributed by atoms with van der Waals surface area (Å²) in [5.74, 6) is 1.87. The minimum atomic E-state index is -0.662. The second kappa shape index (κ2) is 12.1. The zero-order chi connectivity index (χ0) is 38.2. The van der Waals surface area contributed by atoms with Crippen LogP contribution in [0, 0.1) is 51.2 Å². The van der Waals surface area contributed by atoms with Crippen LogP contribution in [-0.4, -0.2) is 44.7 Å². The van der Waals surface area contributed by atoms with Gasteiger partial charge in [-0.15, -0.1) is 0 Å². The number of Topliss-reactive ketones (excluding diaryl/α,β-unsaturated/α-hetero) is 2. The maximum atomic E-state index is 14.6. The fourth-order valence-electron chi connectivity index (χ4n) is 15.0. The van der Waals surface area contributed by atoms with E-state index in [1.165, 1.54) is 5.57 Å². The van der Waals surface area contributed by atoms with Gasteiger partial charge in [-0.3, -0.25) is 9.59 Å². The summed E-state index contributed by atoms with van der Waals surface area (Å²) >= 11 is 0. The highest BCUT2D eigenvalue weighted by Crippen LogP contribution is 2.77. The normalized spacial score (nSPS) is 44.8. The molecule has 6 nitrogen and oxygen atoms in total. The van der Waals surface area contributed by atoms with E-state index in [2.05, 4.69) is 59.8 Å². The summed E-state index contributed by atoms with van der Waals surface area (Å²) in [5.41, 5.74) is 2.91. The Bertz CT molecular complexity index is 1960. The summed E-state index contributed by atoms with van der Waals surface area (Å²) in [6.45, 7) is 13.9. The molecule has 0 radical (unpaired) electrons. The van der Waals surface area contributed by atoms with Gasteiger partial charge in [-0.2, -0.15) is 0 Å². The number of carbonyl (C=O) groups is 2. The highest BCUT2D eigenvalue weighted by molar-refractivity contribution is 6.00. The van der Waals surface area contributed by atoms with E-state index >= 15 is 0 Å². The lowest BCUT2D eigenvalue weighted by Gasteiger charge is -2.70. The highest BCUT2D eigenvalue weighted by atomic mass is 16.6. The number of hydrogen-bond acceptors (Lipinski definition) is 6. The Kier molecular flexibility index (Phi) is 8.19. The summed E-state index contributed by atoms with van der Waals surface area (Å²) in [4.78, 5) is 29.0. The molecule has 0 aromatic heterocycles. The zero-order valence-electron chi connectivity index (χ0n) is 33.1. The molecule has 10 rings (SSSR count). The average Bonchev–Trinajstić information content (AvgIpc) is 3.50. The second-order valence-corrected chi connectivity index (χ2v) is 20.0. The molecule has 2 aromatic carbocycles. The molecule has 8 aliphatic rings. The van der Waals surface area contributed by atoms with Crippen molar-refractivity contribution in [2.75, 3.05) is 0 Å². The summed E-state index contributed by atoms with van der Waals surface area (Å²) in [6, 6.07) is 15.0. The van der Waals surface area contributed by atoms with Gasteiger partial charge in [-0.1, -0.05) is 83.0 Å². The predicted molar refractivity (Wildman–Crippen MR) is 209 cm³/mol. The molecule has 6 heteroatoms. The summed E-state index contributed by atoms with van der Waals surface area (Å²) in [6.07, 6.45) is 12.5. The standard InChI is InChI=1S/C48H60O6/c1-27(23-36(51)43-48(6,54-43)33-16-9-15-32(33)28-11-7-13-30(49)24-28)40-34-18-19-39-45(3,46(34,4)26-37(40)52)22-20-38-44(2)21-10-17-35(47(38,39)5)41(42(44)53)29-12-8-14-31(50)25-29/h7-8,10-14,17,24-25,27,32-33,35-36,38-39,41,43,49-51H,9,15-16,18-23,26H2,1-6H3. The lowest BCUT2D eigenvalue weighted by Crippen LogP contribution is -2.66. The van der Waals surface area contributed by atoms with Crippen LogP contribution in [0.25, 0.3) is 0 Å². The molecule has 4 saturated carbocycles. The number of ketones is 2. The SMILES string of the molecule is CC(CC(O)C1OC1(C)C1CCCC1c1cccc(O)c1)C1=C2CCC3C4(C)C5C=CCC(C)(C(=O)C5c5cccc(O)c5)C4CCC3(C)C2(C)CC1=O. The molecule has 3 N–H and O–H groups in total. The molecule has 54 heavy (non-hydrogen) atoms. The van der Waals surface area contributed by atoms with Gasteiger partial charge < -0.3 is 20.1 Å². The Labute approximate surface area is 321 Å². The van der Waals surface area contributed by atoms with E-state index in [1.54, 1.807) is 18.2 Å². The van der Waals surface area contributed by atoms with Crippen molar-refractivity contribution in [2.24, 2.45) is 51.2 Å². The lowest BCUT2D eigenvalue weighted by atomic mass is 9.33. The van der Waals surface area contributed by atoms with Crippen LogP contribution in [0.15, 0.2) is 71.8 Å². The van der Waals surface area contributed by atoms with Crippen LogP contribution in [0.5, 0.6) is 11.5 Å². The Balaban J connectivity index is 0.991. The van der Waals surface area contributed by atoms with E-state index in [4.69, 9.17) is 4.74 Å². The van der Waals surface area contributed by atoms with Gasteiger partial charge >= 0.3 is 0 Å². The molecule has 1 aliphatic heterocycles. The number of fused-ring (bicyclic) bond motifs is 5. The maximum absolute atomic E-state index is 14.6. The third kappa shape index (κ3) is 4.83. The third-order valence-electron chi connectivity index (χ3n) is 17.7. The molecule has 1 saturated heterocycles. The first-order valence-electron chi connectivity index (χ1n) is 21.0. The highest BCUT2D eigenvalue weighted by Gasteiger charge is 2.72. The van der Waals surface area contributed by atoms with Crippen LogP contribution in [0.1, 0.15) is 129 Å². The number of phenols is 2. The number of benzene rings is 2. The molecule has 2 aromatic rings. The molecule has 0 spiro atoms. The van der Waals surface area contributed by atoms with Gasteiger partial charge in [0.05, 0.1) is 17.6 Å². The van der Waals surface area contributed by atoms with Gasteiger partial charge in [-0.25, -0.2) is 0 Å². The molecule has 5 fully saturated rings. The van der Waals surface area contributed by atoms with Crippen LogP contribution in [-0.2, 0) is 14.3 Å². The predicted octanol–water partition coefficient (Wildman–Crippen LogP) is 9.58. The Morgan fingerprint density at radius 3 is 2.31 bits per heavy atom. The van der Waals surface area contributed by atoms with E-state index < -0.39 is 17.1 Å². The molecule has 14 atom stereocenters. The van der Waals surface area contributed by atoms with Crippen molar-refractivity contribution in [3.05, 3.63) is 83.0 Å². The number of ether oxygens (including phenoxy) is 1. The van der Waals surface area contributed by atoms with Crippen LogP contribution in [0.2, 0.25) is 0 Å². The number of hydrogen-bond donors (Lipinski definition) is 3. The van der Waals surface area contributed by atoms with Gasteiger partial charge in [0.1, 0.15) is 23.4 Å². The van der Waals surface area contributed by atoms with E-state index in [9.17, 15) is 24.9 Å². The van der Waals surface area contributed by atoms with Gasteiger partial charge in [0.25, 0.3) is 0 Å². The number of phenolic OH excluding ortho intramolecular Hbond substituents is 2. The van der Waals surface area contributed by atoms with Crippen molar-refractivity contribution in [1.82, 2.24) is 0 Å². The number of epoxide rings is 1. The Morgan fingerprint density at radius 1 is 0.889 bits per heavy atom. The fraction of sp³-hybridized carbons (Fsp3) is 0.625. The zero-order valence-corrected chi connectivity index (χ0v) is 33.1. The first kappa shape index (κ1) is 36.4. The molecule has 2 bridgehead atoms. The summed E-state index contributed by atoms with van der Waals surface area (Å²) in [7, 11) is 0. The number of aromatic hydroxyl groups is 2. The smallest absolute Gasteiger partial charge is 0.159 e. The number of allylic oxidation sites excluding steroid dienone is 4. The van der Waals surface area contributed by atoms with Crippen LogP contribution in [0.3, 0.4) is 0 Å². The number of rotatable bonds is 7. The van der Waals surface area contributed by atoms with Gasteiger partial charge in [0.2, 0.25) is 0 Å². The molecular formula is C48H60O6. The third-order valence-corrected chi connectivity index (χ3v) is 17.7. The fourth-order valence-corrected chi connectivity index (χ4v) is 15.0. The van der Waals surface area contributed by atoms with E-state index in [0.29, 0.717) is 36.2 Å². The van der Waals surface area contributed by atoms with Crippen molar-refractivity contribution in [3.8, 4) is 11.5 Å². The summed E-state index contributed by atoms with van der Waals surface area (Å²) < 4.78 is 6.44. The molecule has 14 unspecified atom stereocenters. The van der Waals surface area contributed by atoms with Crippen LogP contribution >= 0.6 is 0 Å². The Morgan fingerprint density at radius 2 is 1.59 bits per heavy atom. The molecule has 7 aliphatic carbocycles. The van der Waals surface area contributed by atoms with Gasteiger partial charge in [0.15, 0.2) is 5.78 Å². The minimum Gasteiger partial charge on any atom is -0.508 e. The van der Waals surface area contributed by atoms with Crippen molar-refractivity contribution >= 4 is 11.6 Å². The van der Waals surface area contributed by atoms with Crippen molar-refractivity contribution in [2.45, 2.75) is 135 Å². The van der Waals surface area contributed by atoms with Crippen LogP contribution in [0.4, 0.5) is 0 Å². The van der Waals surface area contributed by atoms with Gasteiger partial charge in [0, 0.05) is 17.3 Å². The van der Waals surface area contributed by atoms with Crippen LogP contribution < -0.4 is 0 Å². The Hall–Kier alpha value is -3.22. The first-order chi connectivity index (χ1) is 25.6. The monoisotopic (exact) mass is 732 g/mol. The summed E-state index contributed by atoms with van der Waals surface area (Å²) in [5, 5.41) is 32.5. The first-order valence-corrected chi connectivity index (χ1v) is 21.0. The number of aliphatic hydroxyl groups excluding tert-OH is 1. The topological polar surface area (TPSA) is 107 Å². The van der Waals surface area contributed by atoms with Crippen molar-refractivity contribution < 1.29 is 29.6 Å². The largest absolute Gasteiger partial charge is 0.508 e. The minimum absolute atomic E-state index is 0.0247. The quantitative estimate of drug-likeness (QED) is 0.193. The van der Waals surface area contributed by atoms with E-state index in [1.807, 2.05) is 24.3 Å². The van der Waals surface area contributed by atoms with Gasteiger partial charge in [-0.05, 0) is 146 Å². The molecule has 1 heterocycles. The van der Waals surface area contributed by atoms with E-state index in [-0.39, 0.29) is 63.5 Å². The van der Waals surface area contributed by atoms with Crippen molar-refractivity contribution in [1.29, 1.82) is 0 Å². The van der Waals surface area contributed by atoms with E-state index in [0.717, 1.165) is 68.1 Å². The van der Waals surface area contributed by atoms with Crippen molar-refractivity contribution in [3.63, 3.8) is 0 Å². The molecular weight excluding hydrogens is 673 g/mol.